The molecule has 1 aromatic rings. The number of nitrogens with one attached hydrogen (secondary N) is 1. The average Bonchev–Trinajstić information content (AvgIpc) is 2.45. The Hall–Kier alpha value is -0.360. The number of rotatable bonds is 4. The quantitative estimate of drug-likeness (QED) is 0.606. The zero-order valence-corrected chi connectivity index (χ0v) is 10.3. The summed E-state index contributed by atoms with van der Waals surface area (Å²) in [4.78, 5) is 11.1. The van der Waals surface area contributed by atoms with Gasteiger partial charge < -0.3 is 0 Å². The summed E-state index contributed by atoms with van der Waals surface area (Å²) in [5.41, 5.74) is -0.0147. The number of hydrogen-bond donors (Lipinski definition) is 2. The maximum Gasteiger partial charge on any atom is 0.343 e. The molecule has 0 aliphatic carbocycles. The summed E-state index contributed by atoms with van der Waals surface area (Å²) >= 11 is 5.84. The molecule has 0 spiro atoms. The standard InChI is InChI=1S/C8H15N3OS2/c1-8(2,4-13)5-14-7-10-9-6(12)11(7)3/h13H,4-5H2,1-3H3,(H,9,12). The van der Waals surface area contributed by atoms with E-state index in [2.05, 4.69) is 36.7 Å². The molecule has 0 amide bonds. The summed E-state index contributed by atoms with van der Waals surface area (Å²) < 4.78 is 1.51. The van der Waals surface area contributed by atoms with Crippen molar-refractivity contribution in [2.75, 3.05) is 11.5 Å². The number of hydrogen-bond acceptors (Lipinski definition) is 4. The fourth-order valence-corrected chi connectivity index (χ4v) is 2.04. The Bertz CT molecular complexity index is 356. The van der Waals surface area contributed by atoms with E-state index in [1.54, 1.807) is 18.8 Å². The van der Waals surface area contributed by atoms with Crippen LogP contribution in [0.5, 0.6) is 0 Å². The first kappa shape index (κ1) is 11.7. The molecule has 4 nitrogen and oxygen atoms in total. The molecule has 1 rings (SSSR count). The molecule has 1 heterocycles. The highest BCUT2D eigenvalue weighted by Crippen LogP contribution is 2.26. The predicted octanol–water partition coefficient (Wildman–Crippen LogP) is 1.16. The molecule has 0 atom stereocenters. The van der Waals surface area contributed by atoms with E-state index in [1.807, 2.05) is 0 Å². The van der Waals surface area contributed by atoms with Gasteiger partial charge in [0.1, 0.15) is 0 Å². The van der Waals surface area contributed by atoms with Gasteiger partial charge in [-0.15, -0.1) is 5.10 Å². The number of aromatic amines is 1. The molecule has 1 aromatic heterocycles. The number of aromatic nitrogens is 3. The van der Waals surface area contributed by atoms with Crippen LogP contribution in [-0.2, 0) is 7.05 Å². The van der Waals surface area contributed by atoms with E-state index >= 15 is 0 Å². The molecule has 0 bridgehead atoms. The average molecular weight is 233 g/mol. The summed E-state index contributed by atoms with van der Waals surface area (Å²) in [6.45, 7) is 4.27. The molecule has 0 saturated heterocycles. The van der Waals surface area contributed by atoms with Crippen molar-refractivity contribution in [2.45, 2.75) is 19.0 Å². The van der Waals surface area contributed by atoms with Crippen molar-refractivity contribution in [3.63, 3.8) is 0 Å². The summed E-state index contributed by atoms with van der Waals surface area (Å²) in [5, 5.41) is 7.05. The van der Waals surface area contributed by atoms with Gasteiger partial charge in [0.15, 0.2) is 5.16 Å². The van der Waals surface area contributed by atoms with Crippen LogP contribution in [0.4, 0.5) is 0 Å². The molecule has 0 fully saturated rings. The highest BCUT2D eigenvalue weighted by Gasteiger charge is 2.17. The SMILES string of the molecule is Cn1c(SCC(C)(C)CS)n[nH]c1=O. The second-order valence-corrected chi connectivity index (χ2v) is 5.24. The summed E-state index contributed by atoms with van der Waals surface area (Å²) in [5.74, 6) is 1.72. The van der Waals surface area contributed by atoms with Crippen molar-refractivity contribution in [1.82, 2.24) is 14.8 Å². The molecule has 0 aliphatic heterocycles. The van der Waals surface area contributed by atoms with Gasteiger partial charge in [0, 0.05) is 12.8 Å². The van der Waals surface area contributed by atoms with E-state index in [0.29, 0.717) is 0 Å². The molecular weight excluding hydrogens is 218 g/mol. The van der Waals surface area contributed by atoms with E-state index in [1.165, 1.54) is 4.57 Å². The first-order chi connectivity index (χ1) is 6.46. The van der Waals surface area contributed by atoms with Gasteiger partial charge in [0.05, 0.1) is 0 Å². The lowest BCUT2D eigenvalue weighted by Crippen LogP contribution is -2.18. The second kappa shape index (κ2) is 4.44. The predicted molar refractivity (Wildman–Crippen MR) is 62.2 cm³/mol. The van der Waals surface area contributed by atoms with Crippen LogP contribution in [0.15, 0.2) is 9.95 Å². The van der Waals surface area contributed by atoms with Crippen LogP contribution in [0.3, 0.4) is 0 Å². The fourth-order valence-electron chi connectivity index (χ4n) is 0.767. The van der Waals surface area contributed by atoms with Gasteiger partial charge in [-0.05, 0) is 11.2 Å². The molecule has 0 aliphatic rings. The largest absolute Gasteiger partial charge is 0.343 e. The van der Waals surface area contributed by atoms with Crippen LogP contribution in [-0.4, -0.2) is 26.3 Å². The maximum absolute atomic E-state index is 11.1. The second-order valence-electron chi connectivity index (χ2n) is 3.98. The first-order valence-electron chi connectivity index (χ1n) is 4.31. The third-order valence-electron chi connectivity index (χ3n) is 1.86. The fraction of sp³-hybridized carbons (Fsp3) is 0.750. The highest BCUT2D eigenvalue weighted by molar-refractivity contribution is 7.99. The zero-order valence-electron chi connectivity index (χ0n) is 8.57. The minimum absolute atomic E-state index is 0.156. The van der Waals surface area contributed by atoms with Gasteiger partial charge in [0.2, 0.25) is 0 Å². The topological polar surface area (TPSA) is 50.7 Å². The molecule has 0 unspecified atom stereocenters. The number of nitrogens with zero attached hydrogens (tertiary/aromatic N) is 2. The van der Waals surface area contributed by atoms with Crippen LogP contribution in [0.2, 0.25) is 0 Å². The summed E-state index contributed by atoms with van der Waals surface area (Å²) in [7, 11) is 1.71. The van der Waals surface area contributed by atoms with Crippen molar-refractivity contribution in [1.29, 1.82) is 0 Å². The van der Waals surface area contributed by atoms with Gasteiger partial charge in [-0.3, -0.25) is 4.57 Å². The first-order valence-corrected chi connectivity index (χ1v) is 5.93. The van der Waals surface area contributed by atoms with Crippen molar-refractivity contribution in [3.8, 4) is 0 Å². The number of thioether (sulfide) groups is 1. The van der Waals surface area contributed by atoms with Gasteiger partial charge >= 0.3 is 5.69 Å². The molecule has 6 heteroatoms. The third-order valence-corrected chi connectivity index (χ3v) is 4.26. The van der Waals surface area contributed by atoms with Crippen LogP contribution < -0.4 is 5.69 Å². The normalized spacial score (nSPS) is 12.0. The Morgan fingerprint density at radius 1 is 1.64 bits per heavy atom. The molecular formula is C8H15N3OS2. The van der Waals surface area contributed by atoms with Crippen molar-refractivity contribution < 1.29 is 0 Å². The Labute approximate surface area is 92.9 Å². The summed E-state index contributed by atoms with van der Waals surface area (Å²) in [6, 6.07) is 0. The lowest BCUT2D eigenvalue weighted by Gasteiger charge is -2.20. The number of H-pyrrole nitrogens is 1. The van der Waals surface area contributed by atoms with Gasteiger partial charge in [-0.2, -0.15) is 12.6 Å². The molecule has 0 radical (unpaired) electrons. The van der Waals surface area contributed by atoms with E-state index in [-0.39, 0.29) is 11.1 Å². The third kappa shape index (κ3) is 2.81. The zero-order chi connectivity index (χ0) is 10.8. The van der Waals surface area contributed by atoms with E-state index < -0.39 is 0 Å². The van der Waals surface area contributed by atoms with E-state index in [9.17, 15) is 4.79 Å². The highest BCUT2D eigenvalue weighted by atomic mass is 32.2. The monoisotopic (exact) mass is 233 g/mol. The van der Waals surface area contributed by atoms with Crippen LogP contribution in [0, 0.1) is 5.41 Å². The Morgan fingerprint density at radius 3 is 2.71 bits per heavy atom. The van der Waals surface area contributed by atoms with Crippen LogP contribution in [0.1, 0.15) is 13.8 Å². The van der Waals surface area contributed by atoms with Crippen molar-refractivity contribution in [3.05, 3.63) is 10.5 Å². The minimum atomic E-state index is -0.170. The molecule has 14 heavy (non-hydrogen) atoms. The van der Waals surface area contributed by atoms with Gasteiger partial charge in [-0.1, -0.05) is 25.6 Å². The van der Waals surface area contributed by atoms with Gasteiger partial charge in [-0.25, -0.2) is 9.89 Å². The maximum atomic E-state index is 11.1. The van der Waals surface area contributed by atoms with Crippen molar-refractivity contribution >= 4 is 24.4 Å². The lowest BCUT2D eigenvalue weighted by molar-refractivity contribution is 0.492. The molecule has 1 N–H and O–H groups in total. The molecule has 80 valence electrons. The van der Waals surface area contributed by atoms with E-state index in [4.69, 9.17) is 0 Å². The lowest BCUT2D eigenvalue weighted by atomic mass is 10.0. The Balaban J connectivity index is 2.63. The van der Waals surface area contributed by atoms with Crippen LogP contribution in [0.25, 0.3) is 0 Å². The number of thiol groups is 1. The van der Waals surface area contributed by atoms with Crippen molar-refractivity contribution in [2.24, 2.45) is 12.5 Å². The smallest absolute Gasteiger partial charge is 0.273 e. The van der Waals surface area contributed by atoms with E-state index in [0.717, 1.165) is 16.7 Å². The van der Waals surface area contributed by atoms with Crippen LogP contribution >= 0.6 is 24.4 Å². The van der Waals surface area contributed by atoms with Gasteiger partial charge in [0.25, 0.3) is 0 Å². The Kier molecular flexibility index (Phi) is 3.71. The summed E-state index contributed by atoms with van der Waals surface area (Å²) in [6.07, 6.45) is 0. The molecule has 0 saturated carbocycles. The Morgan fingerprint density at radius 2 is 2.29 bits per heavy atom. The minimum Gasteiger partial charge on any atom is -0.273 e. The molecule has 0 aromatic carbocycles.